The van der Waals surface area contributed by atoms with Gasteiger partial charge in [0.15, 0.2) is 23.0 Å². The van der Waals surface area contributed by atoms with E-state index in [9.17, 15) is 29.0 Å². The zero-order chi connectivity index (χ0) is 38.8. The second kappa shape index (κ2) is 18.9. The van der Waals surface area contributed by atoms with Gasteiger partial charge in [0.1, 0.15) is 24.0 Å². The molecule has 18 heteroatoms. The predicted octanol–water partition coefficient (Wildman–Crippen LogP) is 9.70. The van der Waals surface area contributed by atoms with Crippen molar-refractivity contribution in [2.45, 2.75) is 46.3 Å². The summed E-state index contributed by atoms with van der Waals surface area (Å²) in [4.78, 5) is 27.6. The average molecular weight is 803 g/mol. The third kappa shape index (κ3) is 11.0. The first-order valence-corrected chi connectivity index (χ1v) is 15.8. The molecule has 53 heavy (non-hydrogen) atoms. The smallest absolute Gasteiger partial charge is 0.486 e. The van der Waals surface area contributed by atoms with E-state index in [1.54, 1.807) is 5.98 Å². The first-order valence-electron chi connectivity index (χ1n) is 15.0. The number of nitrogens with zero attached hydrogens (tertiary/aromatic N) is 4. The second-order valence-corrected chi connectivity index (χ2v) is 12.2. The Bertz CT molecular complexity index is 1940. The quantitative estimate of drug-likeness (QED) is 0.0847. The van der Waals surface area contributed by atoms with Crippen molar-refractivity contribution in [3.63, 3.8) is 0 Å². The van der Waals surface area contributed by atoms with Crippen molar-refractivity contribution in [3.8, 4) is 34.5 Å². The zero-order valence-corrected chi connectivity index (χ0v) is 30.5. The molecule has 3 heterocycles. The third-order valence-corrected chi connectivity index (χ3v) is 8.07. The summed E-state index contributed by atoms with van der Waals surface area (Å²) in [6.07, 6.45) is 3.86. The summed E-state index contributed by atoms with van der Waals surface area (Å²) in [7, 11) is 2.51. The van der Waals surface area contributed by atoms with Crippen LogP contribution in [0.5, 0.6) is 34.5 Å². The Labute approximate surface area is 313 Å². The van der Waals surface area contributed by atoms with Gasteiger partial charge in [-0.1, -0.05) is 26.1 Å². The lowest BCUT2D eigenvalue weighted by atomic mass is 9.90. The molecular weight excluding hydrogens is 765 g/mol. The molecule has 0 aliphatic carbocycles. The van der Waals surface area contributed by atoms with Crippen LogP contribution in [0.1, 0.15) is 40.7 Å². The fourth-order valence-corrected chi connectivity index (χ4v) is 4.44. The number of hydrogen-bond donors (Lipinski definition) is 0. The standard InChI is InChI=1S/C14H11FN2O4.C12H8BrFN2O4.C8H15BO2.CH4/c1-3-9-7-12(20-2)13(8-10(9)15)21-11-5-4-6-16-14(11)17(18)19;1-19-10-5-7(13)8(14)6-11(10)20-9-3-2-4-15-12(9)16(17)18;1-6-9-10-7(2,3)8(4,5)11-9;/h3-8H,1H2,2H3;2-6H,1H3;6H,1H2,2-5H3;1H4. The van der Waals surface area contributed by atoms with Crippen LogP contribution in [-0.4, -0.2) is 52.4 Å². The van der Waals surface area contributed by atoms with Crippen LogP contribution in [0.4, 0.5) is 20.4 Å². The SMILES string of the molecule is C.C=CB1OC(C)(C)C(C)(C)O1.C=Cc1cc(OC)c(Oc2cccnc2[N+](=O)[O-])cc1F.COc1cc(Br)c(F)cc1Oc1cccnc1[N+](=O)[O-]. The monoisotopic (exact) mass is 802 g/mol. The van der Waals surface area contributed by atoms with E-state index in [0.717, 1.165) is 12.1 Å². The van der Waals surface area contributed by atoms with E-state index in [4.69, 9.17) is 28.3 Å². The van der Waals surface area contributed by atoms with Gasteiger partial charge in [0.25, 0.3) is 0 Å². The van der Waals surface area contributed by atoms with Crippen LogP contribution in [-0.2, 0) is 9.31 Å². The van der Waals surface area contributed by atoms with Gasteiger partial charge in [-0.3, -0.25) is 0 Å². The molecule has 1 fully saturated rings. The minimum atomic E-state index is -0.684. The van der Waals surface area contributed by atoms with Crippen molar-refractivity contribution in [2.24, 2.45) is 0 Å². The molecule has 0 unspecified atom stereocenters. The third-order valence-electron chi connectivity index (χ3n) is 7.46. The van der Waals surface area contributed by atoms with Gasteiger partial charge in [-0.05, 0) is 93.8 Å². The van der Waals surface area contributed by atoms with E-state index < -0.39 is 33.1 Å². The number of ether oxygens (including phenoxy) is 4. The Morgan fingerprint density at radius 2 is 1.21 bits per heavy atom. The number of halogens is 3. The van der Waals surface area contributed by atoms with Crippen LogP contribution in [0.2, 0.25) is 0 Å². The molecule has 0 bridgehead atoms. The summed E-state index contributed by atoms with van der Waals surface area (Å²) in [6.45, 7) is 15.2. The summed E-state index contributed by atoms with van der Waals surface area (Å²) in [6, 6.07) is 10.6. The number of rotatable bonds is 10. The van der Waals surface area contributed by atoms with Crippen LogP contribution >= 0.6 is 15.9 Å². The number of methoxy groups -OCH3 is 2. The van der Waals surface area contributed by atoms with Crippen molar-refractivity contribution in [1.29, 1.82) is 0 Å². The van der Waals surface area contributed by atoms with Crippen molar-refractivity contribution in [3.05, 3.63) is 122 Å². The van der Waals surface area contributed by atoms with E-state index >= 15 is 0 Å². The Balaban J connectivity index is 0.000000285. The maximum absolute atomic E-state index is 13.8. The van der Waals surface area contributed by atoms with Crippen molar-refractivity contribution < 1.29 is 46.9 Å². The Kier molecular flexibility index (Phi) is 15.6. The fourth-order valence-electron chi connectivity index (χ4n) is 4.12. The first kappa shape index (κ1) is 43.7. The highest BCUT2D eigenvalue weighted by Gasteiger charge is 2.49. The van der Waals surface area contributed by atoms with Gasteiger partial charge in [-0.2, -0.15) is 0 Å². The molecule has 282 valence electrons. The van der Waals surface area contributed by atoms with Crippen molar-refractivity contribution >= 4 is 40.8 Å². The average Bonchev–Trinajstić information content (AvgIpc) is 3.32. The van der Waals surface area contributed by atoms with Crippen LogP contribution < -0.4 is 18.9 Å². The fraction of sp³-hybridized carbons (Fsp3) is 0.257. The molecule has 5 rings (SSSR count). The highest BCUT2D eigenvalue weighted by atomic mass is 79.9. The molecule has 1 saturated heterocycles. The minimum absolute atomic E-state index is 0. The van der Waals surface area contributed by atoms with Crippen LogP contribution in [0.3, 0.4) is 0 Å². The number of benzene rings is 2. The van der Waals surface area contributed by atoms with Gasteiger partial charge in [0.05, 0.1) is 29.9 Å². The van der Waals surface area contributed by atoms with Gasteiger partial charge in [0, 0.05) is 23.8 Å². The van der Waals surface area contributed by atoms with Gasteiger partial charge in [0.2, 0.25) is 11.5 Å². The molecule has 1 aliphatic heterocycles. The number of pyridine rings is 2. The maximum Gasteiger partial charge on any atom is 0.486 e. The zero-order valence-electron chi connectivity index (χ0n) is 28.9. The molecule has 1 aliphatic rings. The molecular formula is C35H38BBrF2N4O10. The van der Waals surface area contributed by atoms with Crippen LogP contribution in [0, 0.1) is 31.9 Å². The van der Waals surface area contributed by atoms with Crippen LogP contribution in [0.15, 0.2) is 84.5 Å². The largest absolute Gasteiger partial charge is 0.493 e. The first-order chi connectivity index (χ1) is 24.5. The normalized spacial score (nSPS) is 13.4. The molecule has 0 radical (unpaired) electrons. The van der Waals surface area contributed by atoms with Crippen LogP contribution in [0.25, 0.3) is 6.08 Å². The molecule has 0 amide bonds. The summed E-state index contributed by atoms with van der Waals surface area (Å²) in [5, 5.41) is 21.7. The van der Waals surface area contributed by atoms with Gasteiger partial charge in [-0.25, -0.2) is 8.78 Å². The molecule has 2 aromatic heterocycles. The number of nitro groups is 2. The van der Waals surface area contributed by atoms with E-state index in [2.05, 4.69) is 39.1 Å². The molecule has 0 spiro atoms. The van der Waals surface area contributed by atoms with Crippen molar-refractivity contribution in [2.75, 3.05) is 14.2 Å². The molecule has 2 aromatic carbocycles. The Morgan fingerprint density at radius 1 is 0.774 bits per heavy atom. The number of hydrogen-bond acceptors (Lipinski definition) is 12. The Morgan fingerprint density at radius 3 is 1.58 bits per heavy atom. The summed E-state index contributed by atoms with van der Waals surface area (Å²) >= 11 is 3.01. The number of aromatic nitrogens is 2. The van der Waals surface area contributed by atoms with E-state index in [-0.39, 0.29) is 70.3 Å². The van der Waals surface area contributed by atoms with Gasteiger partial charge >= 0.3 is 18.8 Å². The van der Waals surface area contributed by atoms with E-state index in [1.165, 1.54) is 69.1 Å². The van der Waals surface area contributed by atoms with Crippen molar-refractivity contribution in [1.82, 2.24) is 9.97 Å². The lowest BCUT2D eigenvalue weighted by Gasteiger charge is -2.32. The summed E-state index contributed by atoms with van der Waals surface area (Å²) in [5.74, 6) is -0.118. The predicted molar refractivity (Wildman–Crippen MR) is 199 cm³/mol. The Hall–Kier alpha value is -5.46. The van der Waals surface area contributed by atoms with Gasteiger partial charge < -0.3 is 48.5 Å². The molecule has 14 nitrogen and oxygen atoms in total. The topological polar surface area (TPSA) is 167 Å². The molecule has 0 saturated carbocycles. The summed E-state index contributed by atoms with van der Waals surface area (Å²) in [5.41, 5.74) is -0.225. The van der Waals surface area contributed by atoms with Gasteiger partial charge in [-0.15, -0.1) is 6.58 Å². The molecule has 4 aromatic rings. The lowest BCUT2D eigenvalue weighted by molar-refractivity contribution is -0.390. The lowest BCUT2D eigenvalue weighted by Crippen LogP contribution is -2.41. The molecule has 0 atom stereocenters. The minimum Gasteiger partial charge on any atom is -0.493 e. The van der Waals surface area contributed by atoms with E-state index in [0.29, 0.717) is 0 Å². The second-order valence-electron chi connectivity index (χ2n) is 11.4. The molecule has 0 N–H and O–H groups in total. The maximum atomic E-state index is 13.8. The summed E-state index contributed by atoms with van der Waals surface area (Å²) < 4.78 is 59.5. The highest BCUT2D eigenvalue weighted by Crippen LogP contribution is 2.39. The highest BCUT2D eigenvalue weighted by molar-refractivity contribution is 9.10. The van der Waals surface area contributed by atoms with E-state index in [1.807, 2.05) is 27.7 Å².